The number of hydrogen-bond donors (Lipinski definition) is 0. The van der Waals surface area contributed by atoms with Gasteiger partial charge in [0.2, 0.25) is 0 Å². The third kappa shape index (κ3) is 4.51. The van der Waals surface area contributed by atoms with Gasteiger partial charge in [-0.3, -0.25) is 0 Å². The zero-order valence-electron chi connectivity index (χ0n) is 13.2. The van der Waals surface area contributed by atoms with Gasteiger partial charge in [0.15, 0.2) is 0 Å². The third-order valence-corrected chi connectivity index (χ3v) is 3.40. The second kappa shape index (κ2) is 7.88. The molecule has 0 rings (SSSR count). The number of carbonyl (C=O) groups excluding carboxylic acids is 2. The lowest BCUT2D eigenvalue weighted by molar-refractivity contribution is -0.183. The van der Waals surface area contributed by atoms with Crippen molar-refractivity contribution in [3.05, 3.63) is 24.3 Å². The summed E-state index contributed by atoms with van der Waals surface area (Å²) >= 11 is 0. The van der Waals surface area contributed by atoms with Gasteiger partial charge < -0.3 is 9.47 Å². The maximum Gasteiger partial charge on any atom is 0.333 e. The van der Waals surface area contributed by atoms with Gasteiger partial charge in [0, 0.05) is 11.1 Å². The summed E-state index contributed by atoms with van der Waals surface area (Å²) in [6, 6.07) is 0. The van der Waals surface area contributed by atoms with Crippen molar-refractivity contribution in [2.75, 3.05) is 0 Å². The number of hydrogen-bond acceptors (Lipinski definition) is 4. The predicted molar refractivity (Wildman–Crippen MR) is 79.2 cm³/mol. The molecule has 0 aliphatic carbocycles. The SMILES string of the molecule is C=C(C)C(=O)OC(CC)C(CC)(CC)OC(=O)C(=C)C. The second-order valence-electron chi connectivity index (χ2n) is 5.02. The van der Waals surface area contributed by atoms with Crippen LogP contribution in [0.25, 0.3) is 0 Å². The summed E-state index contributed by atoms with van der Waals surface area (Å²) < 4.78 is 11.0. The van der Waals surface area contributed by atoms with E-state index in [9.17, 15) is 9.59 Å². The van der Waals surface area contributed by atoms with E-state index in [4.69, 9.17) is 9.47 Å². The summed E-state index contributed by atoms with van der Waals surface area (Å²) in [5.41, 5.74) is -0.163. The minimum absolute atomic E-state index is 0.329. The summed E-state index contributed by atoms with van der Waals surface area (Å²) in [6.45, 7) is 16.1. The number of esters is 2. The number of ether oxygens (including phenoxy) is 2. The lowest BCUT2D eigenvalue weighted by Crippen LogP contribution is -2.47. The first-order chi connectivity index (χ1) is 9.23. The van der Waals surface area contributed by atoms with Crippen LogP contribution in [0.3, 0.4) is 0 Å². The van der Waals surface area contributed by atoms with Gasteiger partial charge in [0.25, 0.3) is 0 Å². The molecule has 4 nitrogen and oxygen atoms in total. The first-order valence-corrected chi connectivity index (χ1v) is 6.99. The Bertz CT molecular complexity index is 391. The molecule has 0 bridgehead atoms. The summed E-state index contributed by atoms with van der Waals surface area (Å²) in [5.74, 6) is -0.923. The zero-order valence-corrected chi connectivity index (χ0v) is 13.2. The Morgan fingerprint density at radius 1 is 1.00 bits per heavy atom. The van der Waals surface area contributed by atoms with Crippen molar-refractivity contribution in [2.45, 2.75) is 65.6 Å². The van der Waals surface area contributed by atoms with Gasteiger partial charge in [-0.2, -0.15) is 0 Å². The van der Waals surface area contributed by atoms with Gasteiger partial charge in [-0.05, 0) is 33.1 Å². The smallest absolute Gasteiger partial charge is 0.333 e. The third-order valence-electron chi connectivity index (χ3n) is 3.40. The van der Waals surface area contributed by atoms with E-state index >= 15 is 0 Å². The highest BCUT2D eigenvalue weighted by atomic mass is 16.6. The van der Waals surface area contributed by atoms with Crippen LogP contribution in [-0.2, 0) is 19.1 Å². The van der Waals surface area contributed by atoms with Crippen molar-refractivity contribution in [2.24, 2.45) is 0 Å². The quantitative estimate of drug-likeness (QED) is 0.504. The average molecular weight is 282 g/mol. The van der Waals surface area contributed by atoms with E-state index in [1.54, 1.807) is 13.8 Å². The van der Waals surface area contributed by atoms with Crippen LogP contribution >= 0.6 is 0 Å². The number of carbonyl (C=O) groups is 2. The molecule has 0 fully saturated rings. The molecular weight excluding hydrogens is 256 g/mol. The summed E-state index contributed by atoms with van der Waals surface area (Å²) in [4.78, 5) is 23.6. The van der Waals surface area contributed by atoms with E-state index in [1.807, 2.05) is 20.8 Å². The van der Waals surface area contributed by atoms with Gasteiger partial charge in [0.1, 0.15) is 11.7 Å². The molecule has 0 heterocycles. The average Bonchev–Trinajstić information content (AvgIpc) is 2.41. The van der Waals surface area contributed by atoms with Crippen molar-refractivity contribution >= 4 is 11.9 Å². The molecule has 0 spiro atoms. The minimum atomic E-state index is -0.824. The maximum absolute atomic E-state index is 11.8. The van der Waals surface area contributed by atoms with E-state index in [-0.39, 0.29) is 0 Å². The topological polar surface area (TPSA) is 52.6 Å². The Labute approximate surface area is 121 Å². The van der Waals surface area contributed by atoms with Gasteiger partial charge in [-0.1, -0.05) is 33.9 Å². The molecule has 0 aliphatic rings. The normalized spacial score (nSPS) is 12.4. The van der Waals surface area contributed by atoms with Gasteiger partial charge in [-0.25, -0.2) is 9.59 Å². The van der Waals surface area contributed by atoms with Crippen LogP contribution in [0.15, 0.2) is 24.3 Å². The predicted octanol–water partition coefficient (Wildman–Crippen LogP) is 3.56. The molecule has 0 amide bonds. The fourth-order valence-corrected chi connectivity index (χ4v) is 1.98. The molecule has 0 saturated heterocycles. The van der Waals surface area contributed by atoms with Crippen LogP contribution in [0.2, 0.25) is 0 Å². The maximum atomic E-state index is 11.8. The molecule has 1 atom stereocenters. The van der Waals surface area contributed by atoms with Crippen LogP contribution < -0.4 is 0 Å². The van der Waals surface area contributed by atoms with E-state index in [0.717, 1.165) is 0 Å². The fourth-order valence-electron chi connectivity index (χ4n) is 1.98. The highest BCUT2D eigenvalue weighted by molar-refractivity contribution is 5.88. The van der Waals surface area contributed by atoms with Crippen molar-refractivity contribution in [3.63, 3.8) is 0 Å². The minimum Gasteiger partial charge on any atom is -0.455 e. The second-order valence-corrected chi connectivity index (χ2v) is 5.02. The van der Waals surface area contributed by atoms with E-state index in [2.05, 4.69) is 13.2 Å². The molecule has 0 aromatic heterocycles. The molecule has 0 radical (unpaired) electrons. The molecule has 1 unspecified atom stereocenters. The molecule has 0 N–H and O–H groups in total. The van der Waals surface area contributed by atoms with E-state index in [1.165, 1.54) is 0 Å². The summed E-state index contributed by atoms with van der Waals surface area (Å²) in [6.07, 6.45) is 1.18. The summed E-state index contributed by atoms with van der Waals surface area (Å²) in [7, 11) is 0. The molecule has 0 aliphatic heterocycles. The Balaban J connectivity index is 5.27. The van der Waals surface area contributed by atoms with Crippen molar-refractivity contribution in [1.82, 2.24) is 0 Å². The highest BCUT2D eigenvalue weighted by Gasteiger charge is 2.41. The van der Waals surface area contributed by atoms with Crippen molar-refractivity contribution in [1.29, 1.82) is 0 Å². The van der Waals surface area contributed by atoms with Crippen LogP contribution in [0.4, 0.5) is 0 Å². The van der Waals surface area contributed by atoms with Crippen LogP contribution in [0.1, 0.15) is 53.9 Å². The lowest BCUT2D eigenvalue weighted by atomic mass is 9.88. The monoisotopic (exact) mass is 282 g/mol. The zero-order chi connectivity index (χ0) is 15.9. The molecule has 0 aromatic rings. The number of rotatable bonds is 8. The Kier molecular flexibility index (Phi) is 7.25. The Hall–Kier alpha value is -1.58. The van der Waals surface area contributed by atoms with Gasteiger partial charge in [-0.15, -0.1) is 0 Å². The van der Waals surface area contributed by atoms with Crippen LogP contribution in [0, 0.1) is 0 Å². The highest BCUT2D eigenvalue weighted by Crippen LogP contribution is 2.30. The largest absolute Gasteiger partial charge is 0.455 e. The van der Waals surface area contributed by atoms with Crippen LogP contribution in [-0.4, -0.2) is 23.6 Å². The van der Waals surface area contributed by atoms with Crippen molar-refractivity contribution in [3.8, 4) is 0 Å². The Morgan fingerprint density at radius 2 is 1.45 bits per heavy atom. The standard InChI is InChI=1S/C16H26O4/c1-8-13(19-14(17)11(4)5)16(9-2,10-3)20-15(18)12(6)7/h13H,4,6,8-10H2,1-3,5,7H3. The molecule has 0 saturated carbocycles. The van der Waals surface area contributed by atoms with Crippen molar-refractivity contribution < 1.29 is 19.1 Å². The fraction of sp³-hybridized carbons (Fsp3) is 0.625. The van der Waals surface area contributed by atoms with Gasteiger partial charge in [0.05, 0.1) is 0 Å². The molecule has 20 heavy (non-hydrogen) atoms. The van der Waals surface area contributed by atoms with E-state index < -0.39 is 23.6 Å². The Morgan fingerprint density at radius 3 is 1.75 bits per heavy atom. The lowest BCUT2D eigenvalue weighted by Gasteiger charge is -2.38. The summed E-state index contributed by atoms with van der Waals surface area (Å²) in [5, 5.41) is 0. The molecule has 4 heteroatoms. The van der Waals surface area contributed by atoms with E-state index in [0.29, 0.717) is 30.4 Å². The molecule has 0 aromatic carbocycles. The first kappa shape index (κ1) is 18.4. The molecule has 114 valence electrons. The van der Waals surface area contributed by atoms with Gasteiger partial charge >= 0.3 is 11.9 Å². The first-order valence-electron chi connectivity index (χ1n) is 6.99. The molecular formula is C16H26O4. The van der Waals surface area contributed by atoms with Crippen LogP contribution in [0.5, 0.6) is 0 Å².